The third kappa shape index (κ3) is 10.9. The first-order valence-electron chi connectivity index (χ1n) is 8.02. The number of hydrogen-bond acceptors (Lipinski definition) is 0. The van der Waals surface area contributed by atoms with Gasteiger partial charge in [0.25, 0.3) is 0 Å². The van der Waals surface area contributed by atoms with Crippen LogP contribution in [0.2, 0.25) is 10.6 Å². The van der Waals surface area contributed by atoms with E-state index in [2.05, 4.69) is 27.7 Å². The van der Waals surface area contributed by atoms with Crippen molar-refractivity contribution in [3.8, 4) is 0 Å². The minimum atomic E-state index is 0.987. The van der Waals surface area contributed by atoms with Crippen LogP contribution in [-0.2, 0) is 0 Å². The van der Waals surface area contributed by atoms with E-state index in [0.29, 0.717) is 0 Å². The minimum absolute atomic E-state index is 0.987. The van der Waals surface area contributed by atoms with Gasteiger partial charge in [0.15, 0.2) is 0 Å². The van der Waals surface area contributed by atoms with E-state index in [1.807, 2.05) is 0 Å². The predicted molar refractivity (Wildman–Crippen MR) is 87.7 cm³/mol. The van der Waals surface area contributed by atoms with Crippen LogP contribution in [-0.4, -0.2) is 26.3 Å². The van der Waals surface area contributed by atoms with Gasteiger partial charge in [0, 0.05) is 0 Å². The van der Waals surface area contributed by atoms with E-state index < -0.39 is 0 Å². The van der Waals surface area contributed by atoms with Gasteiger partial charge in [0.05, 0.1) is 0 Å². The van der Waals surface area contributed by atoms with Crippen molar-refractivity contribution < 1.29 is 0 Å². The second kappa shape index (κ2) is 14.4. The molecular formula is C16H34Se2. The SMILES string of the molecule is CCCCC(CC)C[Se][Se]CC(CC)CCCC. The average molecular weight is 384 g/mol. The summed E-state index contributed by atoms with van der Waals surface area (Å²) in [6, 6.07) is 0. The molecule has 0 aromatic rings. The number of hydrogen-bond donors (Lipinski definition) is 0. The average Bonchev–Trinajstić information content (AvgIpc) is 2.41. The molecule has 18 heavy (non-hydrogen) atoms. The van der Waals surface area contributed by atoms with Crippen LogP contribution >= 0.6 is 0 Å². The summed E-state index contributed by atoms with van der Waals surface area (Å²) in [5.41, 5.74) is 0. The molecule has 2 heteroatoms. The van der Waals surface area contributed by atoms with Crippen LogP contribution in [0.15, 0.2) is 0 Å². The second-order valence-corrected chi connectivity index (χ2v) is 12.9. The molecule has 0 heterocycles. The summed E-state index contributed by atoms with van der Waals surface area (Å²) in [7, 11) is 0. The van der Waals surface area contributed by atoms with Crippen molar-refractivity contribution in [3.05, 3.63) is 0 Å². The molecule has 0 bridgehead atoms. The van der Waals surface area contributed by atoms with Gasteiger partial charge < -0.3 is 0 Å². The fourth-order valence-electron chi connectivity index (χ4n) is 2.08. The van der Waals surface area contributed by atoms with E-state index in [-0.39, 0.29) is 0 Å². The molecule has 0 aliphatic rings. The Morgan fingerprint density at radius 2 is 1.06 bits per heavy atom. The zero-order valence-electron chi connectivity index (χ0n) is 13.0. The molecule has 2 unspecified atom stereocenters. The molecule has 0 aliphatic heterocycles. The molecule has 0 spiro atoms. The topological polar surface area (TPSA) is 0 Å². The summed E-state index contributed by atoms with van der Waals surface area (Å²) in [6.07, 6.45) is 11.5. The maximum atomic E-state index is 2.39. The van der Waals surface area contributed by atoms with Gasteiger partial charge in [-0.15, -0.1) is 0 Å². The molecule has 0 aromatic carbocycles. The van der Waals surface area contributed by atoms with Crippen LogP contribution in [0.3, 0.4) is 0 Å². The zero-order valence-corrected chi connectivity index (χ0v) is 16.5. The van der Waals surface area contributed by atoms with Crippen LogP contribution in [0.5, 0.6) is 0 Å². The van der Waals surface area contributed by atoms with Crippen LogP contribution in [0.1, 0.15) is 79.1 Å². The molecule has 2 atom stereocenters. The predicted octanol–water partition coefficient (Wildman–Crippen LogP) is 5.58. The van der Waals surface area contributed by atoms with Crippen LogP contribution in [0, 0.1) is 11.8 Å². The van der Waals surface area contributed by atoms with E-state index in [1.54, 1.807) is 10.6 Å². The quantitative estimate of drug-likeness (QED) is 0.287. The van der Waals surface area contributed by atoms with Gasteiger partial charge in [-0.05, 0) is 0 Å². The molecule has 0 saturated carbocycles. The summed E-state index contributed by atoms with van der Waals surface area (Å²) in [5.74, 6) is 2.12. The third-order valence-corrected chi connectivity index (χ3v) is 11.5. The monoisotopic (exact) mass is 386 g/mol. The first-order chi connectivity index (χ1) is 8.78. The van der Waals surface area contributed by atoms with Gasteiger partial charge in [0.1, 0.15) is 0 Å². The van der Waals surface area contributed by atoms with E-state index in [4.69, 9.17) is 0 Å². The fourth-order valence-corrected chi connectivity index (χ4v) is 11.3. The van der Waals surface area contributed by atoms with Crippen molar-refractivity contribution >= 4 is 26.3 Å². The van der Waals surface area contributed by atoms with Gasteiger partial charge in [-0.25, -0.2) is 0 Å². The summed E-state index contributed by atoms with van der Waals surface area (Å²) in [5, 5.41) is 3.15. The fraction of sp³-hybridized carbons (Fsp3) is 1.00. The van der Waals surface area contributed by atoms with E-state index >= 15 is 0 Å². The first-order valence-corrected chi connectivity index (χ1v) is 14.8. The van der Waals surface area contributed by atoms with Gasteiger partial charge in [-0.2, -0.15) is 0 Å². The van der Waals surface area contributed by atoms with E-state index in [0.717, 1.165) is 38.1 Å². The Bertz CT molecular complexity index is 141. The molecule has 0 N–H and O–H groups in total. The molecule has 0 amide bonds. The van der Waals surface area contributed by atoms with Crippen molar-refractivity contribution in [2.24, 2.45) is 11.8 Å². The van der Waals surface area contributed by atoms with Gasteiger partial charge >= 0.3 is 128 Å². The standard InChI is InChI=1S/C16H34Se2/c1-5-9-11-15(7-3)13-17-18-14-16(8-4)12-10-6-2/h15-16H,5-14H2,1-4H3. The third-order valence-electron chi connectivity index (χ3n) is 3.78. The normalized spacial score (nSPS) is 14.7. The molecule has 0 aromatic heterocycles. The van der Waals surface area contributed by atoms with Crippen molar-refractivity contribution in [3.63, 3.8) is 0 Å². The second-order valence-electron chi connectivity index (χ2n) is 5.40. The summed E-state index contributed by atoms with van der Waals surface area (Å²) < 4.78 is 0. The van der Waals surface area contributed by atoms with Gasteiger partial charge in [0.2, 0.25) is 0 Å². The first kappa shape index (κ1) is 19.0. The van der Waals surface area contributed by atoms with Crippen molar-refractivity contribution in [2.45, 2.75) is 89.7 Å². The maximum absolute atomic E-state index is 2.39. The van der Waals surface area contributed by atoms with Crippen molar-refractivity contribution in [2.75, 3.05) is 0 Å². The Hall–Kier alpha value is 1.04. The number of unbranched alkanes of at least 4 members (excludes halogenated alkanes) is 2. The van der Waals surface area contributed by atoms with Gasteiger partial charge in [-0.1, -0.05) is 0 Å². The van der Waals surface area contributed by atoms with Crippen LogP contribution in [0.25, 0.3) is 0 Å². The van der Waals surface area contributed by atoms with Crippen LogP contribution < -0.4 is 0 Å². The van der Waals surface area contributed by atoms with Crippen LogP contribution in [0.4, 0.5) is 0 Å². The molecule has 0 radical (unpaired) electrons. The molecule has 0 aliphatic carbocycles. The summed E-state index contributed by atoms with van der Waals surface area (Å²) in [4.78, 5) is 0. The molecule has 0 saturated heterocycles. The number of rotatable bonds is 13. The molecule has 0 nitrogen and oxygen atoms in total. The molecular weight excluding hydrogens is 350 g/mol. The van der Waals surface area contributed by atoms with E-state index in [9.17, 15) is 0 Å². The van der Waals surface area contributed by atoms with E-state index in [1.165, 1.54) is 51.4 Å². The Morgan fingerprint density at radius 3 is 1.33 bits per heavy atom. The summed E-state index contributed by atoms with van der Waals surface area (Å²) >= 11 is 1.97. The Labute approximate surface area is 127 Å². The Morgan fingerprint density at radius 1 is 0.667 bits per heavy atom. The molecule has 110 valence electrons. The molecule has 0 rings (SSSR count). The van der Waals surface area contributed by atoms with Gasteiger partial charge in [-0.3, -0.25) is 0 Å². The Balaban J connectivity index is 3.55. The van der Waals surface area contributed by atoms with Crippen molar-refractivity contribution in [1.29, 1.82) is 0 Å². The summed E-state index contributed by atoms with van der Waals surface area (Å²) in [6.45, 7) is 9.42. The Kier molecular flexibility index (Phi) is 15.3. The molecule has 0 fully saturated rings. The zero-order chi connectivity index (χ0) is 13.6. The van der Waals surface area contributed by atoms with Crippen molar-refractivity contribution in [1.82, 2.24) is 0 Å².